The summed E-state index contributed by atoms with van der Waals surface area (Å²) in [7, 11) is -2.94. The van der Waals surface area contributed by atoms with E-state index >= 15 is 0 Å². The van der Waals surface area contributed by atoms with Crippen molar-refractivity contribution in [3.05, 3.63) is 29.8 Å². The Bertz CT molecular complexity index is 391. The van der Waals surface area contributed by atoms with E-state index in [9.17, 15) is 17.7 Å². The quantitative estimate of drug-likeness (QED) is 0.816. The van der Waals surface area contributed by atoms with Crippen LogP contribution < -0.4 is 4.74 Å². The van der Waals surface area contributed by atoms with E-state index in [-0.39, 0.29) is 12.4 Å². The molecule has 1 aromatic carbocycles. The van der Waals surface area contributed by atoms with Crippen molar-refractivity contribution in [2.24, 2.45) is 0 Å². The van der Waals surface area contributed by atoms with Gasteiger partial charge in [0, 0.05) is 0 Å². The molecule has 8 heteroatoms. The first-order valence-electron chi connectivity index (χ1n) is 5.01. The first-order valence-corrected chi connectivity index (χ1v) is 6.27. The van der Waals surface area contributed by atoms with Crippen molar-refractivity contribution in [2.75, 3.05) is 13.2 Å². The van der Waals surface area contributed by atoms with E-state index in [1.165, 1.54) is 12.1 Å². The maximum absolute atomic E-state index is 11.9. The number of hydrogen-bond donors (Lipinski definition) is 1. The molecule has 0 saturated heterocycles. The monoisotopic (exact) mass is 284 g/mol. The zero-order valence-corrected chi connectivity index (χ0v) is 10.2. The predicted octanol–water partition coefficient (Wildman–Crippen LogP) is 2.57. The molecule has 0 heterocycles. The average molecular weight is 284 g/mol. The van der Waals surface area contributed by atoms with E-state index in [4.69, 9.17) is 4.89 Å². The van der Waals surface area contributed by atoms with E-state index in [1.807, 2.05) is 0 Å². The lowest BCUT2D eigenvalue weighted by molar-refractivity contribution is -0.153. The first kappa shape index (κ1) is 15.0. The minimum absolute atomic E-state index is 0.0804. The predicted molar refractivity (Wildman–Crippen MR) is 58.9 cm³/mol. The molecule has 0 bridgehead atoms. The van der Waals surface area contributed by atoms with Crippen molar-refractivity contribution in [3.63, 3.8) is 0 Å². The van der Waals surface area contributed by atoms with Crippen LogP contribution in [0.25, 0.3) is 0 Å². The van der Waals surface area contributed by atoms with Crippen molar-refractivity contribution in [1.29, 1.82) is 0 Å². The maximum atomic E-state index is 11.9. The van der Waals surface area contributed by atoms with E-state index in [0.29, 0.717) is 6.42 Å². The Labute approximate surface area is 102 Å². The number of hydrogen-bond acceptors (Lipinski definition) is 3. The third-order valence-electron chi connectivity index (χ3n) is 1.94. The van der Waals surface area contributed by atoms with Crippen molar-refractivity contribution in [2.45, 2.75) is 12.6 Å². The topological polar surface area (TPSA) is 55.8 Å². The van der Waals surface area contributed by atoms with Gasteiger partial charge in [0.15, 0.2) is 6.61 Å². The zero-order chi connectivity index (χ0) is 13.6. The van der Waals surface area contributed by atoms with Gasteiger partial charge < -0.3 is 14.2 Å². The van der Waals surface area contributed by atoms with E-state index in [1.54, 1.807) is 12.1 Å². The Hall–Kier alpha value is -1.04. The molecule has 1 rings (SSSR count). The molecule has 0 spiro atoms. The molecule has 18 heavy (non-hydrogen) atoms. The minimum atomic E-state index is -4.36. The molecule has 0 fully saturated rings. The van der Waals surface area contributed by atoms with Crippen LogP contribution in [0.2, 0.25) is 0 Å². The highest BCUT2D eigenvalue weighted by Gasteiger charge is 2.28. The number of rotatable bonds is 6. The molecule has 0 aliphatic heterocycles. The van der Waals surface area contributed by atoms with Crippen molar-refractivity contribution in [3.8, 4) is 5.75 Å². The zero-order valence-electron chi connectivity index (χ0n) is 9.24. The third-order valence-corrected chi connectivity index (χ3v) is 2.39. The first-order chi connectivity index (χ1) is 8.37. The lowest BCUT2D eigenvalue weighted by atomic mass is 10.1. The summed E-state index contributed by atoms with van der Waals surface area (Å²) < 4.78 is 54.9. The highest BCUT2D eigenvalue weighted by atomic mass is 31.1. The fourth-order valence-electron chi connectivity index (χ4n) is 1.17. The van der Waals surface area contributed by atoms with Crippen LogP contribution in [0.1, 0.15) is 5.56 Å². The number of alkyl halides is 3. The van der Waals surface area contributed by atoms with Gasteiger partial charge in [0.05, 0.1) is 6.61 Å². The summed E-state index contributed by atoms with van der Waals surface area (Å²) in [6, 6.07) is 5.96. The molecular weight excluding hydrogens is 272 g/mol. The van der Waals surface area contributed by atoms with Gasteiger partial charge in [0.1, 0.15) is 5.75 Å². The van der Waals surface area contributed by atoms with E-state index in [0.717, 1.165) is 5.56 Å². The Morgan fingerprint density at radius 3 is 2.33 bits per heavy atom. The molecule has 102 valence electrons. The summed E-state index contributed by atoms with van der Waals surface area (Å²) in [5.41, 5.74) is 0.776. The van der Waals surface area contributed by atoms with E-state index in [2.05, 4.69) is 9.26 Å². The second-order valence-corrected chi connectivity index (χ2v) is 4.23. The normalized spacial score (nSPS) is 13.3. The van der Waals surface area contributed by atoms with Crippen LogP contribution in [0.4, 0.5) is 13.2 Å². The van der Waals surface area contributed by atoms with Crippen LogP contribution in [0, 0.1) is 0 Å². The Morgan fingerprint density at radius 1 is 1.22 bits per heavy atom. The smallest absolute Gasteiger partial charge is 0.422 e. The average Bonchev–Trinajstić information content (AvgIpc) is 2.26. The SMILES string of the molecule is O=[PH](O)OCCc1ccc(OCC(F)(F)F)cc1. The standard InChI is InChI=1S/C10H12F3O4P/c11-10(12,13)7-16-9-3-1-8(2-4-9)5-6-17-18(14)15/h1-4,18H,5-7H2,(H,14,15). The fraction of sp³-hybridized carbons (Fsp3) is 0.400. The minimum Gasteiger partial charge on any atom is -0.484 e. The van der Waals surface area contributed by atoms with Crippen molar-refractivity contribution < 1.29 is 31.9 Å². The lowest BCUT2D eigenvalue weighted by Gasteiger charge is -2.09. The largest absolute Gasteiger partial charge is 0.484 e. The summed E-state index contributed by atoms with van der Waals surface area (Å²) in [4.78, 5) is 8.42. The molecule has 4 nitrogen and oxygen atoms in total. The van der Waals surface area contributed by atoms with Gasteiger partial charge in [-0.3, -0.25) is 4.57 Å². The highest BCUT2D eigenvalue weighted by Crippen LogP contribution is 2.19. The molecule has 1 unspecified atom stereocenters. The second kappa shape index (κ2) is 6.78. The van der Waals surface area contributed by atoms with Gasteiger partial charge in [-0.15, -0.1) is 0 Å². The molecular formula is C10H12F3O4P. The van der Waals surface area contributed by atoms with Gasteiger partial charge in [-0.05, 0) is 24.1 Å². The molecule has 0 amide bonds. The molecule has 0 saturated carbocycles. The summed E-state index contributed by atoms with van der Waals surface area (Å²) in [6.07, 6.45) is -3.96. The molecule has 1 N–H and O–H groups in total. The van der Waals surface area contributed by atoms with Crippen LogP contribution >= 0.6 is 8.25 Å². The number of benzene rings is 1. The van der Waals surface area contributed by atoms with Gasteiger partial charge in [0.2, 0.25) is 0 Å². The summed E-state index contributed by atoms with van der Waals surface area (Å²) in [5, 5.41) is 0. The second-order valence-electron chi connectivity index (χ2n) is 3.41. The molecule has 0 aliphatic rings. The number of halogens is 3. The molecule has 0 aromatic heterocycles. The summed E-state index contributed by atoms with van der Waals surface area (Å²) in [5.74, 6) is 0.118. The summed E-state index contributed by atoms with van der Waals surface area (Å²) >= 11 is 0. The Morgan fingerprint density at radius 2 is 1.83 bits per heavy atom. The van der Waals surface area contributed by atoms with Gasteiger partial charge >= 0.3 is 14.4 Å². The van der Waals surface area contributed by atoms with E-state index < -0.39 is 21.0 Å². The molecule has 0 aliphatic carbocycles. The molecule has 1 aromatic rings. The van der Waals surface area contributed by atoms with Gasteiger partial charge in [-0.25, -0.2) is 0 Å². The van der Waals surface area contributed by atoms with Gasteiger partial charge in [-0.1, -0.05) is 12.1 Å². The van der Waals surface area contributed by atoms with Crippen LogP contribution in [-0.4, -0.2) is 24.3 Å². The fourth-order valence-corrected chi connectivity index (χ4v) is 1.45. The van der Waals surface area contributed by atoms with Gasteiger partial charge in [0.25, 0.3) is 0 Å². The van der Waals surface area contributed by atoms with Crippen LogP contribution in [0.3, 0.4) is 0 Å². The van der Waals surface area contributed by atoms with Crippen molar-refractivity contribution >= 4 is 8.25 Å². The highest BCUT2D eigenvalue weighted by molar-refractivity contribution is 7.32. The van der Waals surface area contributed by atoms with Crippen LogP contribution in [-0.2, 0) is 15.5 Å². The van der Waals surface area contributed by atoms with Gasteiger partial charge in [-0.2, -0.15) is 13.2 Å². The molecule has 0 radical (unpaired) electrons. The van der Waals surface area contributed by atoms with Crippen LogP contribution in [0.15, 0.2) is 24.3 Å². The van der Waals surface area contributed by atoms with Crippen molar-refractivity contribution in [1.82, 2.24) is 0 Å². The summed E-state index contributed by atoms with van der Waals surface area (Å²) in [6.45, 7) is -1.25. The number of ether oxygens (including phenoxy) is 1. The lowest BCUT2D eigenvalue weighted by Crippen LogP contribution is -2.19. The third kappa shape index (κ3) is 6.64. The Balaban J connectivity index is 2.40. The maximum Gasteiger partial charge on any atom is 0.422 e. The Kier molecular flexibility index (Phi) is 5.65. The molecule has 1 atom stereocenters. The van der Waals surface area contributed by atoms with Crippen LogP contribution in [0.5, 0.6) is 5.75 Å².